The molecule has 2 aromatic rings. The van der Waals surface area contributed by atoms with Crippen molar-refractivity contribution < 1.29 is 19.1 Å². The number of likely N-dealkylation sites (N-methyl/N-ethyl adjacent to an activating group) is 1. The lowest BCUT2D eigenvalue weighted by atomic mass is 10.0. The van der Waals surface area contributed by atoms with Crippen LogP contribution in [0.15, 0.2) is 18.3 Å². The highest BCUT2D eigenvalue weighted by Gasteiger charge is 2.29. The first-order valence-corrected chi connectivity index (χ1v) is 12.4. The monoisotopic (exact) mass is 499 g/mol. The molecule has 3 heterocycles. The molecule has 0 aliphatic carbocycles. The second-order valence-electron chi connectivity index (χ2n) is 9.59. The number of aryl methyl sites for hydroxylation is 1. The van der Waals surface area contributed by atoms with E-state index in [9.17, 15) is 14.4 Å². The van der Waals surface area contributed by atoms with Gasteiger partial charge < -0.3 is 19.9 Å². The molecular weight excluding hydrogens is 462 g/mol. The summed E-state index contributed by atoms with van der Waals surface area (Å²) in [4.78, 5) is 51.2. The maximum absolute atomic E-state index is 13.4. The average Bonchev–Trinajstić information content (AvgIpc) is 3.23. The van der Waals surface area contributed by atoms with E-state index < -0.39 is 6.04 Å². The second-order valence-corrected chi connectivity index (χ2v) is 9.59. The summed E-state index contributed by atoms with van der Waals surface area (Å²) in [5.74, 6) is 1.32. The predicted octanol–water partition coefficient (Wildman–Crippen LogP) is 1.98. The number of nitrogens with zero attached hydrogens (tertiary/aromatic N) is 6. The van der Waals surface area contributed by atoms with Crippen LogP contribution in [0.1, 0.15) is 68.1 Å². The largest absolute Gasteiger partial charge is 0.481 e. The van der Waals surface area contributed by atoms with Crippen LogP contribution >= 0.6 is 0 Å². The molecule has 0 saturated heterocycles. The Balaban J connectivity index is 1.96. The fraction of sp³-hybridized carbons (Fsp3) is 0.600. The van der Waals surface area contributed by atoms with Crippen LogP contribution in [0.2, 0.25) is 0 Å². The number of carbonyl (C=O) groups is 3. The van der Waals surface area contributed by atoms with Crippen molar-refractivity contribution in [2.45, 2.75) is 65.6 Å². The SMILES string of the molecule is COc1cc(C(=O)N2CCCC(=O)N(C)[C@@H](C)C(=O)N[C@H](CC(C)C)c3nc(C)nn3CC2)ccn1. The van der Waals surface area contributed by atoms with Crippen LogP contribution in [-0.2, 0) is 16.1 Å². The fourth-order valence-corrected chi connectivity index (χ4v) is 4.24. The Morgan fingerprint density at radius 1 is 1.25 bits per heavy atom. The van der Waals surface area contributed by atoms with Gasteiger partial charge in [0.05, 0.1) is 19.7 Å². The highest BCUT2D eigenvalue weighted by Crippen LogP contribution is 2.22. The second kappa shape index (κ2) is 12.0. The summed E-state index contributed by atoms with van der Waals surface area (Å²) in [6.07, 6.45) is 2.88. The summed E-state index contributed by atoms with van der Waals surface area (Å²) in [5.41, 5.74) is 0.458. The molecule has 11 heteroatoms. The maximum atomic E-state index is 13.4. The molecule has 196 valence electrons. The molecule has 3 amide bonds. The minimum absolute atomic E-state index is 0.146. The number of rotatable bonds is 4. The van der Waals surface area contributed by atoms with Gasteiger partial charge in [-0.1, -0.05) is 13.8 Å². The normalized spacial score (nSPS) is 20.1. The third-order valence-electron chi connectivity index (χ3n) is 6.37. The molecule has 1 aliphatic heterocycles. The minimum Gasteiger partial charge on any atom is -0.481 e. The Kier molecular flexibility index (Phi) is 9.00. The third-order valence-corrected chi connectivity index (χ3v) is 6.37. The van der Waals surface area contributed by atoms with Crippen molar-refractivity contribution in [3.05, 3.63) is 35.5 Å². The first-order chi connectivity index (χ1) is 17.1. The number of hydrogen-bond donors (Lipinski definition) is 1. The highest BCUT2D eigenvalue weighted by atomic mass is 16.5. The van der Waals surface area contributed by atoms with E-state index in [1.165, 1.54) is 18.2 Å². The number of pyridine rings is 1. The Bertz CT molecular complexity index is 1080. The van der Waals surface area contributed by atoms with Gasteiger partial charge in [-0.05, 0) is 38.7 Å². The molecule has 2 atom stereocenters. The molecule has 0 aromatic carbocycles. The summed E-state index contributed by atoms with van der Waals surface area (Å²) in [6, 6.07) is 2.24. The lowest BCUT2D eigenvalue weighted by Crippen LogP contribution is -2.47. The third kappa shape index (κ3) is 6.58. The Hall–Kier alpha value is -3.50. The molecule has 0 bridgehead atoms. The van der Waals surface area contributed by atoms with Crippen LogP contribution in [-0.4, -0.2) is 80.6 Å². The van der Waals surface area contributed by atoms with Crippen LogP contribution in [0.25, 0.3) is 0 Å². The van der Waals surface area contributed by atoms with E-state index in [0.717, 1.165) is 0 Å². The van der Waals surface area contributed by atoms with Gasteiger partial charge >= 0.3 is 0 Å². The molecule has 0 radical (unpaired) electrons. The number of fused-ring (bicyclic) bond motifs is 1. The van der Waals surface area contributed by atoms with Gasteiger partial charge in [0.15, 0.2) is 0 Å². The summed E-state index contributed by atoms with van der Waals surface area (Å²) < 4.78 is 6.96. The van der Waals surface area contributed by atoms with E-state index in [2.05, 4.69) is 34.2 Å². The molecule has 1 N–H and O–H groups in total. The Labute approximate surface area is 212 Å². The van der Waals surface area contributed by atoms with E-state index in [0.29, 0.717) is 55.6 Å². The van der Waals surface area contributed by atoms with Crippen LogP contribution in [0, 0.1) is 12.8 Å². The Morgan fingerprint density at radius 3 is 2.69 bits per heavy atom. The number of carbonyl (C=O) groups excluding carboxylic acids is 3. The minimum atomic E-state index is -0.644. The Morgan fingerprint density at radius 2 is 2.00 bits per heavy atom. The summed E-state index contributed by atoms with van der Waals surface area (Å²) in [6.45, 7) is 8.82. The van der Waals surface area contributed by atoms with Gasteiger partial charge in [-0.2, -0.15) is 5.10 Å². The average molecular weight is 500 g/mol. The first-order valence-electron chi connectivity index (χ1n) is 12.4. The molecule has 0 unspecified atom stereocenters. The molecular formula is C25H37N7O4. The van der Waals surface area contributed by atoms with Crippen molar-refractivity contribution in [2.24, 2.45) is 5.92 Å². The quantitative estimate of drug-likeness (QED) is 0.682. The van der Waals surface area contributed by atoms with E-state index in [4.69, 9.17) is 4.74 Å². The van der Waals surface area contributed by atoms with E-state index >= 15 is 0 Å². The molecule has 0 saturated carbocycles. The molecule has 3 rings (SSSR count). The van der Waals surface area contributed by atoms with Gasteiger partial charge in [0.25, 0.3) is 5.91 Å². The topological polar surface area (TPSA) is 123 Å². The number of nitrogens with one attached hydrogen (secondary N) is 1. The smallest absolute Gasteiger partial charge is 0.254 e. The van der Waals surface area contributed by atoms with Gasteiger partial charge in [-0.25, -0.2) is 14.6 Å². The number of amides is 3. The molecule has 1 aliphatic rings. The van der Waals surface area contributed by atoms with E-state index in [1.54, 1.807) is 35.7 Å². The fourth-order valence-electron chi connectivity index (χ4n) is 4.24. The van der Waals surface area contributed by atoms with Crippen molar-refractivity contribution in [2.75, 3.05) is 27.2 Å². The zero-order chi connectivity index (χ0) is 26.4. The molecule has 2 aromatic heterocycles. The van der Waals surface area contributed by atoms with Crippen molar-refractivity contribution in [1.29, 1.82) is 0 Å². The lowest BCUT2D eigenvalue weighted by Gasteiger charge is -2.29. The zero-order valence-electron chi connectivity index (χ0n) is 22.0. The highest BCUT2D eigenvalue weighted by molar-refractivity contribution is 5.94. The molecule has 0 spiro atoms. The van der Waals surface area contributed by atoms with Gasteiger partial charge in [0, 0.05) is 44.4 Å². The van der Waals surface area contributed by atoms with E-state index in [1.807, 2.05) is 6.92 Å². The summed E-state index contributed by atoms with van der Waals surface area (Å²) in [7, 11) is 3.14. The van der Waals surface area contributed by atoms with Crippen LogP contribution in [0.3, 0.4) is 0 Å². The molecule has 36 heavy (non-hydrogen) atoms. The van der Waals surface area contributed by atoms with Gasteiger partial charge in [0.2, 0.25) is 17.7 Å². The summed E-state index contributed by atoms with van der Waals surface area (Å²) in [5, 5.41) is 7.65. The van der Waals surface area contributed by atoms with Crippen LogP contribution in [0.5, 0.6) is 5.88 Å². The van der Waals surface area contributed by atoms with E-state index in [-0.39, 0.29) is 36.1 Å². The van der Waals surface area contributed by atoms with Crippen molar-refractivity contribution >= 4 is 17.7 Å². The first kappa shape index (κ1) is 27.1. The van der Waals surface area contributed by atoms with Crippen LogP contribution in [0.4, 0.5) is 0 Å². The number of methoxy groups -OCH3 is 1. The van der Waals surface area contributed by atoms with Gasteiger partial charge in [-0.15, -0.1) is 0 Å². The van der Waals surface area contributed by atoms with Crippen LogP contribution < -0.4 is 10.1 Å². The summed E-state index contributed by atoms with van der Waals surface area (Å²) >= 11 is 0. The standard InChI is InChI=1S/C25H37N7O4/c1-16(2)14-20-23-27-18(4)29-32(23)13-12-31(25(35)19-9-10-26-21(15-19)36-6)11-7-8-22(33)30(5)17(3)24(34)28-20/h9-10,15-17,20H,7-8,11-14H2,1-6H3,(H,28,34)/t17-,20+/m0/s1. The zero-order valence-corrected chi connectivity index (χ0v) is 22.0. The van der Waals surface area contributed by atoms with Gasteiger partial charge in [-0.3, -0.25) is 14.4 Å². The van der Waals surface area contributed by atoms with Crippen molar-refractivity contribution in [3.63, 3.8) is 0 Å². The number of aromatic nitrogens is 4. The van der Waals surface area contributed by atoms with Crippen molar-refractivity contribution in [3.8, 4) is 5.88 Å². The predicted molar refractivity (Wildman–Crippen MR) is 133 cm³/mol. The number of hydrogen-bond acceptors (Lipinski definition) is 7. The lowest BCUT2D eigenvalue weighted by molar-refractivity contribution is -0.138. The maximum Gasteiger partial charge on any atom is 0.254 e. The molecule has 11 nitrogen and oxygen atoms in total. The molecule has 0 fully saturated rings. The number of ether oxygens (including phenoxy) is 1. The van der Waals surface area contributed by atoms with Crippen molar-refractivity contribution in [1.82, 2.24) is 34.9 Å². The van der Waals surface area contributed by atoms with Gasteiger partial charge in [0.1, 0.15) is 17.7 Å².